The smallest absolute Gasteiger partial charge is 0.274 e. The third-order valence-corrected chi connectivity index (χ3v) is 5.05. The third-order valence-electron chi connectivity index (χ3n) is 4.50. The van der Waals surface area contributed by atoms with Gasteiger partial charge in [0.05, 0.1) is 18.4 Å². The molecular formula is C25H23Cl2N3O3. The van der Waals surface area contributed by atoms with Crippen molar-refractivity contribution >= 4 is 35.3 Å². The number of pyridine rings is 1. The Balaban J connectivity index is 1.81. The van der Waals surface area contributed by atoms with E-state index in [9.17, 15) is 4.79 Å². The van der Waals surface area contributed by atoms with E-state index >= 15 is 0 Å². The average Bonchev–Trinajstić information content (AvgIpc) is 2.80. The number of benzene rings is 2. The number of nitrogens with one attached hydrogen (secondary N) is 1. The van der Waals surface area contributed by atoms with Crippen LogP contribution in [0.4, 0.5) is 0 Å². The fourth-order valence-electron chi connectivity index (χ4n) is 3.01. The van der Waals surface area contributed by atoms with Crippen LogP contribution in [0.3, 0.4) is 0 Å². The first kappa shape index (κ1) is 24.3. The van der Waals surface area contributed by atoms with Crippen LogP contribution in [0.15, 0.2) is 72.5 Å². The summed E-state index contributed by atoms with van der Waals surface area (Å²) in [5.41, 5.74) is 5.29. The monoisotopic (exact) mass is 483 g/mol. The van der Waals surface area contributed by atoms with Crippen LogP contribution in [-0.2, 0) is 13.0 Å². The predicted molar refractivity (Wildman–Crippen MR) is 132 cm³/mol. The van der Waals surface area contributed by atoms with Gasteiger partial charge in [0.1, 0.15) is 11.8 Å². The Morgan fingerprint density at radius 1 is 1.18 bits per heavy atom. The minimum Gasteiger partial charge on any atom is -0.490 e. The molecule has 0 atom stereocenters. The zero-order valence-corrected chi connectivity index (χ0v) is 19.6. The highest BCUT2D eigenvalue weighted by Crippen LogP contribution is 2.34. The summed E-state index contributed by atoms with van der Waals surface area (Å²) in [6.07, 6.45) is 5.39. The highest BCUT2D eigenvalue weighted by atomic mass is 35.5. The van der Waals surface area contributed by atoms with Crippen molar-refractivity contribution < 1.29 is 14.3 Å². The van der Waals surface area contributed by atoms with E-state index in [4.69, 9.17) is 32.7 Å². The minimum atomic E-state index is -0.455. The van der Waals surface area contributed by atoms with Crippen molar-refractivity contribution in [3.8, 4) is 11.5 Å². The maximum atomic E-state index is 12.3. The number of hydrogen-bond donors (Lipinski definition) is 1. The number of rotatable bonds is 10. The normalized spacial score (nSPS) is 10.8. The summed E-state index contributed by atoms with van der Waals surface area (Å²) < 4.78 is 11.9. The molecule has 6 nitrogen and oxygen atoms in total. The van der Waals surface area contributed by atoms with Gasteiger partial charge in [-0.1, -0.05) is 41.4 Å². The number of allylic oxidation sites excluding steroid dienone is 1. The largest absolute Gasteiger partial charge is 0.490 e. The van der Waals surface area contributed by atoms with Gasteiger partial charge < -0.3 is 9.47 Å². The summed E-state index contributed by atoms with van der Waals surface area (Å²) in [6.45, 7) is 6.55. The molecule has 1 aromatic heterocycles. The molecule has 170 valence electrons. The molecule has 0 saturated carbocycles. The van der Waals surface area contributed by atoms with Crippen LogP contribution in [0.2, 0.25) is 10.2 Å². The van der Waals surface area contributed by atoms with Crippen molar-refractivity contribution in [2.45, 2.75) is 20.0 Å². The molecule has 0 aliphatic carbocycles. The first-order valence-electron chi connectivity index (χ1n) is 10.2. The predicted octanol–water partition coefficient (Wildman–Crippen LogP) is 5.86. The fraction of sp³-hybridized carbons (Fsp3) is 0.160. The summed E-state index contributed by atoms with van der Waals surface area (Å²) in [5, 5.41) is 4.83. The average molecular weight is 484 g/mol. The Hall–Kier alpha value is -3.35. The van der Waals surface area contributed by atoms with Crippen LogP contribution in [0.5, 0.6) is 11.5 Å². The highest BCUT2D eigenvalue weighted by Gasteiger charge is 2.14. The molecule has 1 N–H and O–H groups in total. The van der Waals surface area contributed by atoms with Crippen molar-refractivity contribution in [3.05, 3.63) is 99.8 Å². The molecule has 33 heavy (non-hydrogen) atoms. The third kappa shape index (κ3) is 6.81. The molecule has 0 bridgehead atoms. The maximum Gasteiger partial charge on any atom is 0.274 e. The zero-order valence-electron chi connectivity index (χ0n) is 18.1. The Labute approximate surface area is 202 Å². The number of hydrogen-bond acceptors (Lipinski definition) is 5. The van der Waals surface area contributed by atoms with Crippen molar-refractivity contribution in [1.29, 1.82) is 0 Å². The van der Waals surface area contributed by atoms with E-state index < -0.39 is 5.91 Å². The number of halogens is 2. The molecule has 3 rings (SSSR count). The lowest BCUT2D eigenvalue weighted by Crippen LogP contribution is -2.18. The van der Waals surface area contributed by atoms with Gasteiger partial charge in [-0.2, -0.15) is 5.10 Å². The van der Waals surface area contributed by atoms with Gasteiger partial charge in [0.2, 0.25) is 0 Å². The molecule has 0 spiro atoms. The molecule has 0 aliphatic heterocycles. The van der Waals surface area contributed by atoms with Crippen LogP contribution in [0.1, 0.15) is 34.0 Å². The standard InChI is InChI=1S/C25H23Cl2N3O3/c1-3-6-19-13-18(15-29-30-25(31)21-7-5-12-28-24(21)27)14-22(32-4-2)23(19)33-16-17-8-10-20(26)11-9-17/h3,5,7-15H,1,4,6,16H2,2H3,(H,30,31). The van der Waals surface area contributed by atoms with Crippen LogP contribution in [0, 0.1) is 0 Å². The van der Waals surface area contributed by atoms with Gasteiger partial charge in [-0.3, -0.25) is 4.79 Å². The van der Waals surface area contributed by atoms with Gasteiger partial charge in [0.15, 0.2) is 11.5 Å². The molecule has 0 unspecified atom stereocenters. The van der Waals surface area contributed by atoms with Gasteiger partial charge in [-0.25, -0.2) is 10.4 Å². The van der Waals surface area contributed by atoms with E-state index in [1.54, 1.807) is 24.3 Å². The lowest BCUT2D eigenvalue weighted by Gasteiger charge is -2.17. The summed E-state index contributed by atoms with van der Waals surface area (Å²) in [6, 6.07) is 14.4. The van der Waals surface area contributed by atoms with E-state index in [-0.39, 0.29) is 10.7 Å². The highest BCUT2D eigenvalue weighted by molar-refractivity contribution is 6.32. The molecular weight excluding hydrogens is 461 g/mol. The van der Waals surface area contributed by atoms with E-state index in [0.717, 1.165) is 16.7 Å². The second-order valence-electron chi connectivity index (χ2n) is 6.89. The molecule has 0 aliphatic rings. The fourth-order valence-corrected chi connectivity index (χ4v) is 3.34. The van der Waals surface area contributed by atoms with Crippen LogP contribution in [-0.4, -0.2) is 23.7 Å². The van der Waals surface area contributed by atoms with Crippen molar-refractivity contribution in [2.24, 2.45) is 5.10 Å². The van der Waals surface area contributed by atoms with Gasteiger partial charge in [-0.15, -0.1) is 6.58 Å². The number of nitrogens with zero attached hydrogens (tertiary/aromatic N) is 2. The molecule has 8 heteroatoms. The first-order valence-corrected chi connectivity index (χ1v) is 11.0. The number of aromatic nitrogens is 1. The maximum absolute atomic E-state index is 12.3. The van der Waals surface area contributed by atoms with E-state index in [0.29, 0.717) is 36.2 Å². The zero-order chi connectivity index (χ0) is 23.6. The molecule has 2 aromatic carbocycles. The minimum absolute atomic E-state index is 0.110. The van der Waals surface area contributed by atoms with Crippen molar-refractivity contribution in [2.75, 3.05) is 6.61 Å². The number of amides is 1. The van der Waals surface area contributed by atoms with E-state index in [2.05, 4.69) is 22.1 Å². The van der Waals surface area contributed by atoms with Crippen LogP contribution < -0.4 is 14.9 Å². The molecule has 0 radical (unpaired) electrons. The Bertz CT molecular complexity index is 1150. The quantitative estimate of drug-likeness (QED) is 0.169. The lowest BCUT2D eigenvalue weighted by atomic mass is 10.1. The number of hydrazone groups is 1. The van der Waals surface area contributed by atoms with Gasteiger partial charge >= 0.3 is 0 Å². The first-order chi connectivity index (χ1) is 16.0. The second-order valence-corrected chi connectivity index (χ2v) is 7.68. The van der Waals surface area contributed by atoms with Crippen molar-refractivity contribution in [3.63, 3.8) is 0 Å². The molecule has 0 saturated heterocycles. The second kappa shape index (κ2) is 12.0. The van der Waals surface area contributed by atoms with E-state index in [1.165, 1.54) is 12.4 Å². The number of ether oxygens (including phenoxy) is 2. The molecule has 3 aromatic rings. The molecule has 1 heterocycles. The van der Waals surface area contributed by atoms with Gasteiger partial charge in [0, 0.05) is 16.8 Å². The summed E-state index contributed by atoms with van der Waals surface area (Å²) in [4.78, 5) is 16.2. The van der Waals surface area contributed by atoms with Gasteiger partial charge in [-0.05, 0) is 60.9 Å². The summed E-state index contributed by atoms with van der Waals surface area (Å²) in [7, 11) is 0. The Kier molecular flexibility index (Phi) is 8.87. The molecule has 0 fully saturated rings. The SMILES string of the molecule is C=CCc1cc(C=NNC(=O)c2cccnc2Cl)cc(OCC)c1OCc1ccc(Cl)cc1. The summed E-state index contributed by atoms with van der Waals surface area (Å²) in [5.74, 6) is 0.757. The van der Waals surface area contributed by atoms with Crippen molar-refractivity contribution in [1.82, 2.24) is 10.4 Å². The van der Waals surface area contributed by atoms with Crippen LogP contribution >= 0.6 is 23.2 Å². The van der Waals surface area contributed by atoms with Gasteiger partial charge in [0.25, 0.3) is 5.91 Å². The topological polar surface area (TPSA) is 72.8 Å². The van der Waals surface area contributed by atoms with Crippen LogP contribution in [0.25, 0.3) is 0 Å². The Morgan fingerprint density at radius 2 is 1.97 bits per heavy atom. The number of carbonyl (C=O) groups excluding carboxylic acids is 1. The summed E-state index contributed by atoms with van der Waals surface area (Å²) >= 11 is 11.9. The molecule has 1 amide bonds. The lowest BCUT2D eigenvalue weighted by molar-refractivity contribution is 0.0955. The Morgan fingerprint density at radius 3 is 2.67 bits per heavy atom. The number of carbonyl (C=O) groups is 1. The van der Waals surface area contributed by atoms with E-state index in [1.807, 2.05) is 37.3 Å².